The van der Waals surface area contributed by atoms with Crippen LogP contribution in [0.2, 0.25) is 0 Å². The normalized spacial score (nSPS) is 23.5. The summed E-state index contributed by atoms with van der Waals surface area (Å²) < 4.78 is 1.81. The molecule has 0 aliphatic carbocycles. The van der Waals surface area contributed by atoms with Gasteiger partial charge in [-0.05, 0) is 23.8 Å². The Morgan fingerprint density at radius 3 is 3.40 bits per heavy atom. The van der Waals surface area contributed by atoms with E-state index >= 15 is 0 Å². The number of fused-ring (bicyclic) bond motifs is 1. The summed E-state index contributed by atoms with van der Waals surface area (Å²) in [5, 5.41) is 14.3. The second kappa shape index (κ2) is 1.93. The summed E-state index contributed by atoms with van der Waals surface area (Å²) in [6, 6.07) is 0.436. The summed E-state index contributed by atoms with van der Waals surface area (Å²) >= 11 is 0. The fourth-order valence-electron chi connectivity index (χ4n) is 1.12. The molecule has 0 fully saturated rings. The molecular weight excluding hydrogens is 130 g/mol. The van der Waals surface area contributed by atoms with Crippen LogP contribution in [0.25, 0.3) is 0 Å². The SMILES string of the molecule is CC1CCNc2nnnn21. The Morgan fingerprint density at radius 2 is 2.60 bits per heavy atom. The third kappa shape index (κ3) is 0.665. The molecule has 5 nitrogen and oxygen atoms in total. The highest BCUT2D eigenvalue weighted by atomic mass is 15.6. The van der Waals surface area contributed by atoms with Crippen LogP contribution in [0.1, 0.15) is 19.4 Å². The molecule has 0 aromatic carbocycles. The quantitative estimate of drug-likeness (QED) is 0.551. The molecule has 1 unspecified atom stereocenters. The molecule has 5 heteroatoms. The number of hydrogen-bond acceptors (Lipinski definition) is 4. The monoisotopic (exact) mass is 139 g/mol. The Balaban J connectivity index is 2.41. The molecule has 54 valence electrons. The zero-order valence-electron chi connectivity index (χ0n) is 5.78. The van der Waals surface area contributed by atoms with Crippen molar-refractivity contribution in [2.24, 2.45) is 0 Å². The Kier molecular flexibility index (Phi) is 1.09. The molecule has 0 radical (unpaired) electrons. The number of anilines is 1. The first-order valence-electron chi connectivity index (χ1n) is 3.39. The molecule has 0 amide bonds. The first-order chi connectivity index (χ1) is 4.88. The maximum absolute atomic E-state index is 3.83. The maximum atomic E-state index is 3.83. The first-order valence-corrected chi connectivity index (χ1v) is 3.39. The first kappa shape index (κ1) is 5.64. The lowest BCUT2D eigenvalue weighted by Gasteiger charge is -2.18. The number of hydrogen-bond donors (Lipinski definition) is 1. The van der Waals surface area contributed by atoms with Gasteiger partial charge >= 0.3 is 0 Å². The van der Waals surface area contributed by atoms with E-state index in [-0.39, 0.29) is 0 Å². The summed E-state index contributed by atoms with van der Waals surface area (Å²) in [7, 11) is 0. The van der Waals surface area contributed by atoms with Gasteiger partial charge < -0.3 is 5.32 Å². The van der Waals surface area contributed by atoms with Crippen molar-refractivity contribution in [3.8, 4) is 0 Å². The van der Waals surface area contributed by atoms with Gasteiger partial charge in [0.15, 0.2) is 0 Å². The van der Waals surface area contributed by atoms with Gasteiger partial charge in [-0.3, -0.25) is 0 Å². The third-order valence-electron chi connectivity index (χ3n) is 1.76. The van der Waals surface area contributed by atoms with Crippen molar-refractivity contribution < 1.29 is 0 Å². The molecular formula is C5H9N5. The van der Waals surface area contributed by atoms with Crippen LogP contribution in [0.5, 0.6) is 0 Å². The summed E-state index contributed by atoms with van der Waals surface area (Å²) in [5.74, 6) is 0.791. The summed E-state index contributed by atoms with van der Waals surface area (Å²) in [4.78, 5) is 0. The van der Waals surface area contributed by atoms with Crippen molar-refractivity contribution in [2.45, 2.75) is 19.4 Å². The van der Waals surface area contributed by atoms with Gasteiger partial charge in [-0.1, -0.05) is 5.10 Å². The minimum Gasteiger partial charge on any atom is -0.353 e. The molecule has 2 rings (SSSR count). The molecule has 2 heterocycles. The molecule has 1 aromatic heterocycles. The highest BCUT2D eigenvalue weighted by molar-refractivity contribution is 5.24. The molecule has 1 aliphatic heterocycles. The van der Waals surface area contributed by atoms with Crippen LogP contribution in [-0.2, 0) is 0 Å². The van der Waals surface area contributed by atoms with Gasteiger partial charge in [0.25, 0.3) is 0 Å². The maximum Gasteiger partial charge on any atom is 0.243 e. The molecule has 1 aromatic rings. The van der Waals surface area contributed by atoms with Crippen LogP contribution < -0.4 is 5.32 Å². The standard InChI is InChI=1S/C5H9N5/c1-4-2-3-6-5-7-8-9-10(4)5/h4H,2-3H2,1H3,(H,6,7,9). The van der Waals surface area contributed by atoms with Crippen LogP contribution in [0.15, 0.2) is 0 Å². The molecule has 10 heavy (non-hydrogen) atoms. The van der Waals surface area contributed by atoms with E-state index in [1.165, 1.54) is 0 Å². The highest BCUT2D eigenvalue weighted by Crippen LogP contribution is 2.17. The Labute approximate surface area is 58.4 Å². The molecule has 0 spiro atoms. The topological polar surface area (TPSA) is 55.6 Å². The molecule has 1 N–H and O–H groups in total. The number of rotatable bonds is 0. The number of tetrazole rings is 1. The van der Waals surface area contributed by atoms with E-state index in [0.29, 0.717) is 6.04 Å². The summed E-state index contributed by atoms with van der Waals surface area (Å²) in [6.45, 7) is 3.09. The zero-order valence-corrected chi connectivity index (χ0v) is 5.78. The average Bonchev–Trinajstić information content (AvgIpc) is 2.36. The van der Waals surface area contributed by atoms with Crippen LogP contribution in [-0.4, -0.2) is 26.8 Å². The van der Waals surface area contributed by atoms with E-state index in [0.717, 1.165) is 18.9 Å². The Morgan fingerprint density at radius 1 is 1.70 bits per heavy atom. The predicted octanol–water partition coefficient (Wildman–Crippen LogP) is 0.0497. The van der Waals surface area contributed by atoms with Crippen molar-refractivity contribution in [1.82, 2.24) is 20.2 Å². The lowest BCUT2D eigenvalue weighted by Crippen LogP contribution is -2.21. The van der Waals surface area contributed by atoms with E-state index in [9.17, 15) is 0 Å². The van der Waals surface area contributed by atoms with Crippen molar-refractivity contribution >= 4 is 5.95 Å². The minimum atomic E-state index is 0.436. The molecule has 0 saturated heterocycles. The van der Waals surface area contributed by atoms with Gasteiger partial charge in [-0.25, -0.2) is 4.68 Å². The summed E-state index contributed by atoms with van der Waals surface area (Å²) in [5.41, 5.74) is 0. The van der Waals surface area contributed by atoms with Crippen LogP contribution in [0, 0.1) is 0 Å². The van der Waals surface area contributed by atoms with E-state index in [2.05, 4.69) is 27.8 Å². The number of nitrogens with zero attached hydrogens (tertiary/aromatic N) is 4. The van der Waals surface area contributed by atoms with Gasteiger partial charge in [-0.15, -0.1) is 0 Å². The number of nitrogens with one attached hydrogen (secondary N) is 1. The van der Waals surface area contributed by atoms with E-state index in [4.69, 9.17) is 0 Å². The Hall–Kier alpha value is -1.13. The molecule has 0 bridgehead atoms. The molecule has 1 aliphatic rings. The highest BCUT2D eigenvalue weighted by Gasteiger charge is 2.16. The lowest BCUT2D eigenvalue weighted by molar-refractivity contribution is 0.441. The second-order valence-corrected chi connectivity index (χ2v) is 2.51. The zero-order chi connectivity index (χ0) is 6.97. The fourth-order valence-corrected chi connectivity index (χ4v) is 1.12. The van der Waals surface area contributed by atoms with Crippen molar-refractivity contribution in [3.05, 3.63) is 0 Å². The van der Waals surface area contributed by atoms with Crippen molar-refractivity contribution in [2.75, 3.05) is 11.9 Å². The summed E-state index contributed by atoms with van der Waals surface area (Å²) in [6.07, 6.45) is 1.10. The van der Waals surface area contributed by atoms with E-state index < -0.39 is 0 Å². The number of aromatic nitrogens is 4. The second-order valence-electron chi connectivity index (χ2n) is 2.51. The largest absolute Gasteiger partial charge is 0.353 e. The van der Waals surface area contributed by atoms with Crippen molar-refractivity contribution in [1.29, 1.82) is 0 Å². The van der Waals surface area contributed by atoms with Gasteiger partial charge in [0, 0.05) is 6.54 Å². The van der Waals surface area contributed by atoms with E-state index in [1.54, 1.807) is 0 Å². The third-order valence-corrected chi connectivity index (χ3v) is 1.76. The Bertz CT molecular complexity index is 230. The predicted molar refractivity (Wildman–Crippen MR) is 35.6 cm³/mol. The minimum absolute atomic E-state index is 0.436. The van der Waals surface area contributed by atoms with Crippen molar-refractivity contribution in [3.63, 3.8) is 0 Å². The van der Waals surface area contributed by atoms with Gasteiger partial charge in [0.05, 0.1) is 6.04 Å². The van der Waals surface area contributed by atoms with Crippen LogP contribution >= 0.6 is 0 Å². The average molecular weight is 139 g/mol. The smallest absolute Gasteiger partial charge is 0.243 e. The van der Waals surface area contributed by atoms with Crippen LogP contribution in [0.4, 0.5) is 5.95 Å². The lowest BCUT2D eigenvalue weighted by atomic mass is 10.2. The molecule has 0 saturated carbocycles. The van der Waals surface area contributed by atoms with E-state index in [1.807, 2.05) is 4.68 Å². The van der Waals surface area contributed by atoms with Gasteiger partial charge in [0.2, 0.25) is 5.95 Å². The van der Waals surface area contributed by atoms with Crippen LogP contribution in [0.3, 0.4) is 0 Å². The fraction of sp³-hybridized carbons (Fsp3) is 0.800. The van der Waals surface area contributed by atoms with Gasteiger partial charge in [-0.2, -0.15) is 0 Å². The van der Waals surface area contributed by atoms with Gasteiger partial charge in [0.1, 0.15) is 0 Å². The molecule has 1 atom stereocenters.